The highest BCUT2D eigenvalue weighted by Gasteiger charge is 2.19. The maximum atomic E-state index is 11.1. The minimum Gasteiger partial charge on any atom is -0.291 e. The van der Waals surface area contributed by atoms with Gasteiger partial charge in [-0.05, 0) is 19.3 Å². The molecule has 0 fully saturated rings. The van der Waals surface area contributed by atoms with Crippen molar-refractivity contribution in [1.29, 1.82) is 0 Å². The van der Waals surface area contributed by atoms with E-state index in [4.69, 9.17) is 0 Å². The van der Waals surface area contributed by atoms with Gasteiger partial charge in [0.2, 0.25) is 12.1 Å². The van der Waals surface area contributed by atoms with Gasteiger partial charge in [-0.15, -0.1) is 0 Å². The SMILES string of the molecule is CCCCCCC(CC=CCC(CCCCC[C]=O)[N+](=O)[O-])[N+](=O)[O-]. The summed E-state index contributed by atoms with van der Waals surface area (Å²) in [6, 6.07) is -1.25. The molecular weight excluding hydrogens is 324 g/mol. The van der Waals surface area contributed by atoms with Gasteiger partial charge in [0.05, 0.1) is 0 Å². The van der Waals surface area contributed by atoms with Gasteiger partial charge in [-0.25, -0.2) is 0 Å². The molecule has 0 amide bonds. The minimum absolute atomic E-state index is 0.245. The van der Waals surface area contributed by atoms with Gasteiger partial charge in [0.1, 0.15) is 0 Å². The summed E-state index contributed by atoms with van der Waals surface area (Å²) < 4.78 is 0. The first-order chi connectivity index (χ1) is 12.0. The van der Waals surface area contributed by atoms with Crippen molar-refractivity contribution in [2.45, 2.75) is 96.1 Å². The Morgan fingerprint density at radius 2 is 1.32 bits per heavy atom. The topological polar surface area (TPSA) is 103 Å². The number of rotatable bonds is 17. The molecule has 0 bridgehead atoms. The Kier molecular flexibility index (Phi) is 14.6. The number of nitrogens with zero attached hydrogens (tertiary/aromatic N) is 2. The van der Waals surface area contributed by atoms with Gasteiger partial charge in [0, 0.05) is 42.0 Å². The third-order valence-corrected chi connectivity index (χ3v) is 4.29. The first kappa shape index (κ1) is 23.2. The molecule has 0 spiro atoms. The molecule has 0 aromatic carbocycles. The van der Waals surface area contributed by atoms with E-state index in [-0.39, 0.29) is 9.85 Å². The van der Waals surface area contributed by atoms with Gasteiger partial charge in [-0.3, -0.25) is 25.0 Å². The van der Waals surface area contributed by atoms with Crippen molar-refractivity contribution in [1.82, 2.24) is 0 Å². The van der Waals surface area contributed by atoms with Crippen LogP contribution in [0.2, 0.25) is 0 Å². The molecule has 2 atom stereocenters. The fourth-order valence-corrected chi connectivity index (χ4v) is 2.69. The van der Waals surface area contributed by atoms with E-state index in [1.807, 2.05) is 6.29 Å². The lowest BCUT2D eigenvalue weighted by Gasteiger charge is -2.08. The summed E-state index contributed by atoms with van der Waals surface area (Å²) in [5, 5.41) is 22.1. The number of carbonyl (C=O) groups excluding carboxylic acids is 1. The fourth-order valence-electron chi connectivity index (χ4n) is 2.69. The Bertz CT molecular complexity index is 412. The van der Waals surface area contributed by atoms with Crippen molar-refractivity contribution in [2.24, 2.45) is 0 Å². The maximum Gasteiger partial charge on any atom is 0.216 e. The molecule has 25 heavy (non-hydrogen) atoms. The molecule has 0 aliphatic carbocycles. The molecule has 0 saturated heterocycles. The van der Waals surface area contributed by atoms with Crippen LogP contribution >= 0.6 is 0 Å². The van der Waals surface area contributed by atoms with Crippen LogP contribution in [0, 0.1) is 20.2 Å². The van der Waals surface area contributed by atoms with Gasteiger partial charge < -0.3 is 0 Å². The molecule has 0 heterocycles. The quantitative estimate of drug-likeness (QED) is 0.163. The molecule has 0 aliphatic heterocycles. The zero-order valence-corrected chi connectivity index (χ0v) is 15.2. The van der Waals surface area contributed by atoms with Crippen molar-refractivity contribution in [3.8, 4) is 0 Å². The lowest BCUT2D eigenvalue weighted by Crippen LogP contribution is -2.19. The lowest BCUT2D eigenvalue weighted by molar-refractivity contribution is -0.523. The minimum atomic E-state index is -0.657. The predicted molar refractivity (Wildman–Crippen MR) is 97.5 cm³/mol. The van der Waals surface area contributed by atoms with E-state index in [0.717, 1.165) is 32.1 Å². The standard InChI is InChI=1S/C18H31N2O5/c1-2-3-4-7-12-17(19(22)23)14-9-10-15-18(20(24)25)13-8-5-6-11-16-21/h9-10,17-18H,2-8,11-15H2,1H3. The molecule has 0 saturated carbocycles. The van der Waals surface area contributed by atoms with Gasteiger partial charge in [0.15, 0.2) is 6.29 Å². The average molecular weight is 355 g/mol. The molecule has 0 N–H and O–H groups in total. The van der Waals surface area contributed by atoms with Gasteiger partial charge in [0.25, 0.3) is 0 Å². The highest BCUT2D eigenvalue weighted by atomic mass is 16.6. The highest BCUT2D eigenvalue weighted by Crippen LogP contribution is 2.14. The van der Waals surface area contributed by atoms with Crippen molar-refractivity contribution in [2.75, 3.05) is 0 Å². The molecule has 0 aromatic heterocycles. The van der Waals surface area contributed by atoms with Crippen molar-refractivity contribution >= 4 is 6.29 Å². The van der Waals surface area contributed by atoms with Gasteiger partial charge in [-0.2, -0.15) is 0 Å². The van der Waals surface area contributed by atoms with Crippen LogP contribution in [-0.2, 0) is 4.79 Å². The molecule has 0 aromatic rings. The van der Waals surface area contributed by atoms with E-state index in [1.54, 1.807) is 12.2 Å². The average Bonchev–Trinajstić information content (AvgIpc) is 2.57. The second-order valence-corrected chi connectivity index (χ2v) is 6.41. The van der Waals surface area contributed by atoms with Gasteiger partial charge in [-0.1, -0.05) is 44.8 Å². The van der Waals surface area contributed by atoms with Crippen LogP contribution in [0.4, 0.5) is 0 Å². The second-order valence-electron chi connectivity index (χ2n) is 6.41. The molecule has 2 unspecified atom stereocenters. The first-order valence-electron chi connectivity index (χ1n) is 9.29. The summed E-state index contributed by atoms with van der Waals surface area (Å²) in [5.74, 6) is 0. The summed E-state index contributed by atoms with van der Waals surface area (Å²) in [6.07, 6.45) is 13.5. The monoisotopic (exact) mass is 355 g/mol. The maximum absolute atomic E-state index is 11.1. The Balaban J connectivity index is 4.16. The number of hydrogen-bond acceptors (Lipinski definition) is 5. The van der Waals surface area contributed by atoms with Crippen LogP contribution in [0.5, 0.6) is 0 Å². The van der Waals surface area contributed by atoms with Crippen molar-refractivity contribution < 1.29 is 14.6 Å². The van der Waals surface area contributed by atoms with E-state index in [9.17, 15) is 25.0 Å². The van der Waals surface area contributed by atoms with Crippen molar-refractivity contribution in [3.63, 3.8) is 0 Å². The summed E-state index contributed by atoms with van der Waals surface area (Å²) in [5.41, 5.74) is 0. The number of hydrogen-bond donors (Lipinski definition) is 0. The van der Waals surface area contributed by atoms with E-state index >= 15 is 0 Å². The van der Waals surface area contributed by atoms with E-state index < -0.39 is 12.1 Å². The normalized spacial score (nSPS) is 13.6. The second kappa shape index (κ2) is 15.7. The summed E-state index contributed by atoms with van der Waals surface area (Å²) in [6.45, 7) is 2.10. The van der Waals surface area contributed by atoms with Crippen LogP contribution in [0.25, 0.3) is 0 Å². The predicted octanol–water partition coefficient (Wildman–Crippen LogP) is 4.64. The van der Waals surface area contributed by atoms with Crippen LogP contribution < -0.4 is 0 Å². The van der Waals surface area contributed by atoms with Crippen LogP contribution in [0.3, 0.4) is 0 Å². The van der Waals surface area contributed by atoms with Crippen molar-refractivity contribution in [3.05, 3.63) is 32.4 Å². The molecule has 7 heteroatoms. The summed E-state index contributed by atoms with van der Waals surface area (Å²) >= 11 is 0. The number of nitro groups is 2. The summed E-state index contributed by atoms with van der Waals surface area (Å²) in [4.78, 5) is 31.7. The first-order valence-corrected chi connectivity index (χ1v) is 9.29. The third kappa shape index (κ3) is 13.2. The molecule has 0 rings (SSSR count). The largest absolute Gasteiger partial charge is 0.291 e. The van der Waals surface area contributed by atoms with Crippen LogP contribution in [0.1, 0.15) is 84.0 Å². The van der Waals surface area contributed by atoms with Crippen LogP contribution in [-0.4, -0.2) is 28.2 Å². The van der Waals surface area contributed by atoms with Crippen LogP contribution in [0.15, 0.2) is 12.2 Å². The van der Waals surface area contributed by atoms with E-state index in [0.29, 0.717) is 44.9 Å². The zero-order valence-electron chi connectivity index (χ0n) is 15.2. The Morgan fingerprint density at radius 3 is 1.72 bits per heavy atom. The smallest absolute Gasteiger partial charge is 0.216 e. The van der Waals surface area contributed by atoms with Gasteiger partial charge >= 0.3 is 0 Å². The molecule has 7 nitrogen and oxygen atoms in total. The Hall–Kier alpha value is -1.79. The molecule has 143 valence electrons. The lowest BCUT2D eigenvalue weighted by atomic mass is 10.0. The Morgan fingerprint density at radius 1 is 0.840 bits per heavy atom. The number of unbranched alkanes of at least 4 members (excludes halogenated alkanes) is 6. The fraction of sp³-hybridized carbons (Fsp3) is 0.833. The third-order valence-electron chi connectivity index (χ3n) is 4.29. The molecular formula is C18H31N2O5. The molecule has 1 radical (unpaired) electrons. The zero-order chi connectivity index (χ0) is 18.9. The summed E-state index contributed by atoms with van der Waals surface area (Å²) in [7, 11) is 0. The molecule has 0 aliphatic rings. The highest BCUT2D eigenvalue weighted by molar-refractivity contribution is 5.50. The Labute approximate surface area is 150 Å². The van der Waals surface area contributed by atoms with E-state index in [2.05, 4.69) is 6.92 Å². The van der Waals surface area contributed by atoms with E-state index in [1.165, 1.54) is 0 Å².